The first kappa shape index (κ1) is 24.3. The molecule has 4 aromatic rings. The number of aromatic nitrogens is 4. The molecule has 8 nitrogen and oxygen atoms in total. The highest BCUT2D eigenvalue weighted by molar-refractivity contribution is 6.35. The number of pyridine rings is 1. The van der Waals surface area contributed by atoms with Crippen LogP contribution in [0.5, 0.6) is 0 Å². The molecule has 3 atom stereocenters. The van der Waals surface area contributed by atoms with E-state index in [1.165, 1.54) is 18.3 Å². The summed E-state index contributed by atoms with van der Waals surface area (Å²) in [6.45, 7) is 0.0662. The van der Waals surface area contributed by atoms with Gasteiger partial charge in [0.15, 0.2) is 0 Å². The molecule has 10 heteroatoms. The lowest BCUT2D eigenvalue weighted by atomic mass is 9.84. The molecule has 2 aliphatic rings. The average Bonchev–Trinajstić information content (AvgIpc) is 3.69. The van der Waals surface area contributed by atoms with Gasteiger partial charge in [0.25, 0.3) is 0 Å². The Balaban J connectivity index is 1.44. The van der Waals surface area contributed by atoms with Crippen LogP contribution < -0.4 is 10.6 Å². The minimum Gasteiger partial charge on any atom is -0.396 e. The number of aliphatic hydroxyl groups is 1. The fourth-order valence-electron chi connectivity index (χ4n) is 5.33. The van der Waals surface area contributed by atoms with Gasteiger partial charge in [0.1, 0.15) is 17.6 Å². The van der Waals surface area contributed by atoms with Crippen molar-refractivity contribution in [3.63, 3.8) is 0 Å². The van der Waals surface area contributed by atoms with Crippen molar-refractivity contribution in [1.82, 2.24) is 20.0 Å². The molecule has 6 rings (SSSR count). The van der Waals surface area contributed by atoms with Gasteiger partial charge < -0.3 is 15.7 Å². The zero-order valence-corrected chi connectivity index (χ0v) is 22.0. The van der Waals surface area contributed by atoms with E-state index in [0.29, 0.717) is 44.1 Å². The van der Waals surface area contributed by atoms with E-state index in [1.807, 2.05) is 6.07 Å². The molecule has 2 fully saturated rings. The second kappa shape index (κ2) is 10.8. The summed E-state index contributed by atoms with van der Waals surface area (Å²) in [6.07, 6.45) is 9.17. The fourth-order valence-corrected chi connectivity index (χ4v) is 5.60. The maximum absolute atomic E-state index is 13.8. The number of fused-ring (bicyclic) bond motifs is 1. The molecule has 2 aliphatic carbocycles. The molecule has 1 unspecified atom stereocenters. The summed E-state index contributed by atoms with van der Waals surface area (Å²) in [5.41, 5.74) is 2.81. The Labute approximate surface area is 232 Å². The number of nitrogens with one attached hydrogen (secondary N) is 2. The number of rotatable bonds is 8. The summed E-state index contributed by atoms with van der Waals surface area (Å²) in [5, 5.41) is 36.2. The first-order valence-electron chi connectivity index (χ1n) is 13.8. The van der Waals surface area contributed by atoms with Crippen LogP contribution in [0.2, 0.25) is 5.02 Å². The van der Waals surface area contributed by atoms with Crippen molar-refractivity contribution in [3.05, 3.63) is 76.5 Å². The number of aliphatic hydroxyl groups excluding tert-OH is 1. The standard InChI is InChI=1S/C29H29ClFN7O/c30-24-12-21(34-28(17-5-7-20(31)8-6-17)26-15-38(37-36-26)22-9-10-22)11-23-27(19(13-32)14-33-29(23)24)35-25-4-2-1-3-18(25)16-39/h5-8,11-12,14-15,18,22,25,28,34,39H,1-4,9-10,16H2,(H,33,35)/t18-,25+,28?/m1/s1/i28D. The van der Waals surface area contributed by atoms with Crippen LogP contribution in [0, 0.1) is 23.1 Å². The summed E-state index contributed by atoms with van der Waals surface area (Å²) < 4.78 is 25.1. The second-order valence-electron chi connectivity index (χ2n) is 10.3. The lowest BCUT2D eigenvalue weighted by Gasteiger charge is -2.32. The molecule has 2 aromatic carbocycles. The molecular formula is C29H29ClFN7O. The Hall–Kier alpha value is -3.74. The highest BCUT2D eigenvalue weighted by Gasteiger charge is 2.28. The first-order chi connectivity index (χ1) is 19.4. The second-order valence-corrected chi connectivity index (χ2v) is 10.7. The van der Waals surface area contributed by atoms with Crippen LogP contribution in [-0.4, -0.2) is 37.7 Å². The van der Waals surface area contributed by atoms with Crippen molar-refractivity contribution in [2.24, 2.45) is 5.92 Å². The molecular weight excluding hydrogens is 517 g/mol. The summed E-state index contributed by atoms with van der Waals surface area (Å²) in [4.78, 5) is 4.45. The molecule has 0 saturated heterocycles. The van der Waals surface area contributed by atoms with Gasteiger partial charge in [-0.05, 0) is 55.5 Å². The van der Waals surface area contributed by atoms with E-state index in [0.717, 1.165) is 38.5 Å². The average molecular weight is 547 g/mol. The third-order valence-corrected chi connectivity index (χ3v) is 7.90. The van der Waals surface area contributed by atoms with E-state index < -0.39 is 11.8 Å². The summed E-state index contributed by atoms with van der Waals surface area (Å²) in [7, 11) is 0. The van der Waals surface area contributed by atoms with Crippen molar-refractivity contribution < 1.29 is 10.9 Å². The van der Waals surface area contributed by atoms with Crippen molar-refractivity contribution >= 4 is 33.9 Å². The maximum atomic E-state index is 13.8. The number of anilines is 2. The summed E-state index contributed by atoms with van der Waals surface area (Å²) in [5.74, 6) is -0.329. The van der Waals surface area contributed by atoms with Gasteiger partial charge in [-0.2, -0.15) is 5.26 Å². The van der Waals surface area contributed by atoms with E-state index in [-0.39, 0.29) is 24.6 Å². The van der Waals surface area contributed by atoms with Crippen molar-refractivity contribution in [2.45, 2.75) is 56.6 Å². The molecule has 2 heterocycles. The highest BCUT2D eigenvalue weighted by atomic mass is 35.5. The Bertz CT molecular complexity index is 1590. The van der Waals surface area contributed by atoms with Gasteiger partial charge in [0.05, 0.1) is 41.4 Å². The predicted octanol–water partition coefficient (Wildman–Crippen LogP) is 5.99. The Kier molecular flexibility index (Phi) is 6.73. The number of hydrogen-bond donors (Lipinski definition) is 3. The highest BCUT2D eigenvalue weighted by Crippen LogP contribution is 2.38. The van der Waals surface area contributed by atoms with E-state index in [4.69, 9.17) is 11.6 Å². The monoisotopic (exact) mass is 546 g/mol. The minimum absolute atomic E-state index is 0.00113. The molecule has 200 valence electrons. The van der Waals surface area contributed by atoms with Gasteiger partial charge in [0, 0.05) is 35.8 Å². The zero-order chi connectivity index (χ0) is 27.9. The lowest BCUT2D eigenvalue weighted by molar-refractivity contribution is 0.178. The number of nitrogens with zero attached hydrogens (tertiary/aromatic N) is 5. The van der Waals surface area contributed by atoms with Gasteiger partial charge in [-0.25, -0.2) is 9.07 Å². The Morgan fingerprint density at radius 3 is 2.74 bits per heavy atom. The predicted molar refractivity (Wildman–Crippen MR) is 148 cm³/mol. The smallest absolute Gasteiger partial charge is 0.123 e. The SMILES string of the molecule is [2H]C(Nc1cc(Cl)c2ncc(C#N)c(N[C@H]3CCCC[C@@H]3CO)c2c1)(c1ccc(F)cc1)c1cn(C2CC2)nn1. The Morgan fingerprint density at radius 2 is 2.00 bits per heavy atom. The first-order valence-corrected chi connectivity index (χ1v) is 13.6. The number of halogens is 2. The van der Waals surface area contributed by atoms with E-state index in [1.54, 1.807) is 29.1 Å². The van der Waals surface area contributed by atoms with E-state index in [9.17, 15) is 16.1 Å². The molecule has 0 radical (unpaired) electrons. The van der Waals surface area contributed by atoms with Crippen molar-refractivity contribution in [3.8, 4) is 6.07 Å². The molecule has 0 spiro atoms. The third-order valence-electron chi connectivity index (χ3n) is 7.61. The van der Waals surface area contributed by atoms with E-state index in [2.05, 4.69) is 32.0 Å². The zero-order valence-electron chi connectivity index (χ0n) is 22.2. The molecule has 0 amide bonds. The summed E-state index contributed by atoms with van der Waals surface area (Å²) >= 11 is 6.73. The van der Waals surface area contributed by atoms with Crippen LogP contribution in [0.25, 0.3) is 10.9 Å². The molecule has 39 heavy (non-hydrogen) atoms. The molecule has 2 saturated carbocycles. The van der Waals surface area contributed by atoms with E-state index >= 15 is 0 Å². The topological polar surface area (TPSA) is 112 Å². The van der Waals surface area contributed by atoms with Crippen LogP contribution in [0.3, 0.4) is 0 Å². The van der Waals surface area contributed by atoms with Gasteiger partial charge in [-0.15, -0.1) is 5.10 Å². The van der Waals surface area contributed by atoms with Crippen molar-refractivity contribution in [2.75, 3.05) is 17.2 Å². The van der Waals surface area contributed by atoms with Gasteiger partial charge in [-0.3, -0.25) is 4.98 Å². The van der Waals surface area contributed by atoms with Gasteiger partial charge >= 0.3 is 0 Å². The fraction of sp³-hybridized carbons (Fsp3) is 0.379. The number of hydrogen-bond acceptors (Lipinski definition) is 7. The molecule has 0 bridgehead atoms. The van der Waals surface area contributed by atoms with Gasteiger partial charge in [-0.1, -0.05) is 41.8 Å². The van der Waals surface area contributed by atoms with Crippen molar-refractivity contribution in [1.29, 1.82) is 5.26 Å². The maximum Gasteiger partial charge on any atom is 0.123 e. The Morgan fingerprint density at radius 1 is 1.21 bits per heavy atom. The number of benzene rings is 2. The van der Waals surface area contributed by atoms with Crippen LogP contribution in [0.15, 0.2) is 48.8 Å². The minimum atomic E-state index is -1.61. The quantitative estimate of drug-likeness (QED) is 0.249. The normalized spacial score (nSPS) is 21.1. The lowest BCUT2D eigenvalue weighted by Crippen LogP contribution is -2.34. The van der Waals surface area contributed by atoms with Crippen LogP contribution in [-0.2, 0) is 0 Å². The summed E-state index contributed by atoms with van der Waals surface area (Å²) in [6, 6.07) is 10.1. The van der Waals surface area contributed by atoms with Crippen LogP contribution in [0.1, 0.15) is 68.8 Å². The van der Waals surface area contributed by atoms with Crippen LogP contribution in [0.4, 0.5) is 15.8 Å². The molecule has 3 N–H and O–H groups in total. The third kappa shape index (κ3) is 5.27. The van der Waals surface area contributed by atoms with Crippen LogP contribution >= 0.6 is 11.6 Å². The molecule has 0 aliphatic heterocycles. The number of nitriles is 1. The largest absolute Gasteiger partial charge is 0.396 e. The van der Waals surface area contributed by atoms with Gasteiger partial charge in [0.2, 0.25) is 0 Å². The molecule has 2 aromatic heterocycles.